The molecule has 2 aromatic rings. The van der Waals surface area contributed by atoms with Crippen molar-refractivity contribution in [3.8, 4) is 0 Å². The van der Waals surface area contributed by atoms with E-state index in [1.807, 2.05) is 0 Å². The van der Waals surface area contributed by atoms with Crippen LogP contribution in [0.4, 0.5) is 11.5 Å². The van der Waals surface area contributed by atoms with Crippen LogP contribution in [0.25, 0.3) is 0 Å². The Kier molecular flexibility index (Phi) is 4.74. The van der Waals surface area contributed by atoms with Gasteiger partial charge in [-0.1, -0.05) is 6.07 Å². The van der Waals surface area contributed by atoms with Crippen molar-refractivity contribution in [2.75, 3.05) is 6.61 Å². The van der Waals surface area contributed by atoms with Crippen molar-refractivity contribution < 1.29 is 24.1 Å². The van der Waals surface area contributed by atoms with E-state index in [2.05, 4.69) is 15.6 Å². The van der Waals surface area contributed by atoms with Gasteiger partial charge in [-0.2, -0.15) is 9.78 Å². The van der Waals surface area contributed by atoms with Crippen molar-refractivity contribution in [1.82, 2.24) is 15.2 Å². The monoisotopic (exact) mass is 402 g/mol. The van der Waals surface area contributed by atoms with Crippen LogP contribution >= 0.6 is 0 Å². The van der Waals surface area contributed by atoms with Crippen LogP contribution < -0.4 is 5.43 Å². The summed E-state index contributed by atoms with van der Waals surface area (Å²) in [5.74, 6) is -0.920. The molecule has 2 saturated heterocycles. The number of rotatable bonds is 5. The number of fused-ring (bicyclic) bond motifs is 2. The molecule has 2 aliphatic rings. The zero-order valence-electron chi connectivity index (χ0n) is 14.7. The topological polar surface area (TPSA) is 164 Å². The molecule has 1 N–H and O–H groups in total. The molecule has 3 unspecified atom stereocenters. The third-order valence-corrected chi connectivity index (χ3v) is 4.57. The van der Waals surface area contributed by atoms with Gasteiger partial charge < -0.3 is 19.6 Å². The summed E-state index contributed by atoms with van der Waals surface area (Å²) < 4.78 is 12.6. The number of nitro benzene ring substituents is 1. The van der Waals surface area contributed by atoms with Crippen LogP contribution in [-0.2, 0) is 9.47 Å². The smallest absolute Gasteiger partial charge is 0.358 e. The summed E-state index contributed by atoms with van der Waals surface area (Å²) in [7, 11) is 0. The summed E-state index contributed by atoms with van der Waals surface area (Å²) in [5, 5.41) is 29.7. The van der Waals surface area contributed by atoms with E-state index in [0.29, 0.717) is 12.1 Å². The van der Waals surface area contributed by atoms with Gasteiger partial charge in [0.1, 0.15) is 12.1 Å². The number of nitro groups is 2. The molecule has 150 valence electrons. The first-order valence-electron chi connectivity index (χ1n) is 8.50. The first-order chi connectivity index (χ1) is 13.9. The van der Waals surface area contributed by atoms with E-state index in [1.54, 1.807) is 0 Å². The van der Waals surface area contributed by atoms with Gasteiger partial charge in [0.2, 0.25) is 0 Å². The van der Waals surface area contributed by atoms with E-state index in [9.17, 15) is 25.0 Å². The second-order valence-corrected chi connectivity index (χ2v) is 6.37. The fraction of sp³-hybridized carbons (Fsp3) is 0.312. The predicted molar refractivity (Wildman–Crippen MR) is 95.1 cm³/mol. The summed E-state index contributed by atoms with van der Waals surface area (Å²) in [5.41, 5.74) is 2.58. The minimum atomic E-state index is -0.743. The Balaban J connectivity index is 1.51. The molecule has 29 heavy (non-hydrogen) atoms. The Bertz CT molecular complexity index is 1020. The van der Waals surface area contributed by atoms with E-state index < -0.39 is 28.1 Å². The first-order valence-corrected chi connectivity index (χ1v) is 8.50. The van der Waals surface area contributed by atoms with E-state index in [0.717, 1.165) is 6.07 Å². The van der Waals surface area contributed by atoms with Crippen LogP contribution in [0.3, 0.4) is 0 Å². The molecule has 0 spiro atoms. The average molecular weight is 402 g/mol. The van der Waals surface area contributed by atoms with Crippen LogP contribution in [0.5, 0.6) is 0 Å². The third-order valence-electron chi connectivity index (χ3n) is 4.57. The summed E-state index contributed by atoms with van der Waals surface area (Å²) >= 11 is 0. The molecule has 0 saturated carbocycles. The van der Waals surface area contributed by atoms with Gasteiger partial charge in [-0.15, -0.1) is 0 Å². The maximum absolute atomic E-state index is 12.3. The Labute approximate surface area is 162 Å². The highest BCUT2D eigenvalue weighted by atomic mass is 16.7. The minimum Gasteiger partial charge on any atom is -0.358 e. The highest BCUT2D eigenvalue weighted by Gasteiger charge is 2.44. The van der Waals surface area contributed by atoms with Crippen molar-refractivity contribution in [2.24, 2.45) is 5.10 Å². The number of carbonyl (C=O) groups excluding carboxylic acids is 1. The number of carbonyl (C=O) groups is 1. The van der Waals surface area contributed by atoms with Gasteiger partial charge >= 0.3 is 5.82 Å². The lowest BCUT2D eigenvalue weighted by molar-refractivity contribution is -0.389. The van der Waals surface area contributed by atoms with Gasteiger partial charge in [-0.25, -0.2) is 5.43 Å². The Hall–Kier alpha value is -3.71. The van der Waals surface area contributed by atoms with Gasteiger partial charge in [-0.05, 0) is 11.0 Å². The molecule has 13 heteroatoms. The molecule has 2 bridgehead atoms. The lowest BCUT2D eigenvalue weighted by Gasteiger charge is -2.26. The molecule has 1 aromatic heterocycles. The molecular weight excluding hydrogens is 388 g/mol. The van der Waals surface area contributed by atoms with Crippen LogP contribution in [0.2, 0.25) is 0 Å². The van der Waals surface area contributed by atoms with Gasteiger partial charge in [-0.3, -0.25) is 14.9 Å². The van der Waals surface area contributed by atoms with Crippen molar-refractivity contribution in [3.63, 3.8) is 0 Å². The number of nitrogens with zero attached hydrogens (tertiary/aromatic N) is 5. The second-order valence-electron chi connectivity index (χ2n) is 6.37. The highest BCUT2D eigenvalue weighted by Crippen LogP contribution is 2.33. The van der Waals surface area contributed by atoms with E-state index >= 15 is 0 Å². The average Bonchev–Trinajstić information content (AvgIpc) is 3.36. The molecule has 2 fully saturated rings. The van der Waals surface area contributed by atoms with Gasteiger partial charge in [0, 0.05) is 24.1 Å². The normalized spacial score (nSPS) is 24.4. The quantitative estimate of drug-likeness (QED) is 0.575. The standard InChI is InChI=1S/C16H14N6O7/c23-15(9-2-1-3-10(6-9)21(24)25)18-17-11-7-12(13-8-28-16(11)29-13)20-5-4-14(19-20)22(26)27/h1-6,12-13,16H,7-8H2,(H,18,23). The number of hydrogen-bond acceptors (Lipinski definition) is 9. The summed E-state index contributed by atoms with van der Waals surface area (Å²) in [4.78, 5) is 32.8. The number of benzene rings is 1. The maximum Gasteiger partial charge on any atom is 0.389 e. The van der Waals surface area contributed by atoms with Crippen molar-refractivity contribution in [1.29, 1.82) is 0 Å². The Morgan fingerprint density at radius 2 is 2.10 bits per heavy atom. The Morgan fingerprint density at radius 1 is 1.28 bits per heavy atom. The molecule has 0 aliphatic carbocycles. The molecule has 13 nitrogen and oxygen atoms in total. The number of nitrogens with one attached hydrogen (secondary N) is 1. The molecule has 4 rings (SSSR count). The zero-order valence-corrected chi connectivity index (χ0v) is 14.7. The molecule has 0 radical (unpaired) electrons. The van der Waals surface area contributed by atoms with Gasteiger partial charge in [0.25, 0.3) is 11.6 Å². The van der Waals surface area contributed by atoms with Crippen molar-refractivity contribution >= 4 is 23.1 Å². The minimum absolute atomic E-state index is 0.0738. The van der Waals surface area contributed by atoms with E-state index in [-0.39, 0.29) is 29.8 Å². The summed E-state index contributed by atoms with van der Waals surface area (Å²) in [6.07, 6.45) is 0.672. The number of ether oxygens (including phenoxy) is 2. The largest absolute Gasteiger partial charge is 0.389 e. The number of amides is 1. The molecule has 1 amide bonds. The second kappa shape index (κ2) is 7.37. The number of aromatic nitrogens is 2. The number of non-ortho nitro benzene ring substituents is 1. The fourth-order valence-electron chi connectivity index (χ4n) is 3.16. The van der Waals surface area contributed by atoms with Crippen LogP contribution in [0.1, 0.15) is 22.8 Å². The van der Waals surface area contributed by atoms with Crippen LogP contribution in [0.15, 0.2) is 41.6 Å². The lowest BCUT2D eigenvalue weighted by Crippen LogP contribution is -2.38. The molecule has 2 aliphatic heterocycles. The highest BCUT2D eigenvalue weighted by molar-refractivity contribution is 5.96. The van der Waals surface area contributed by atoms with Crippen LogP contribution in [0, 0.1) is 20.2 Å². The first kappa shape index (κ1) is 18.6. The third kappa shape index (κ3) is 3.68. The zero-order chi connectivity index (χ0) is 20.5. The van der Waals surface area contributed by atoms with Crippen molar-refractivity contribution in [3.05, 3.63) is 62.3 Å². The summed E-state index contributed by atoms with van der Waals surface area (Å²) in [6.45, 7) is 0.251. The summed E-state index contributed by atoms with van der Waals surface area (Å²) in [6, 6.07) is 6.13. The lowest BCUT2D eigenvalue weighted by atomic mass is 10.0. The number of hydrazone groups is 1. The fourth-order valence-corrected chi connectivity index (χ4v) is 3.16. The van der Waals surface area contributed by atoms with Crippen molar-refractivity contribution in [2.45, 2.75) is 24.9 Å². The number of hydrogen-bond donors (Lipinski definition) is 1. The molecule has 3 heterocycles. The molecule has 1 aromatic carbocycles. The van der Waals surface area contributed by atoms with Gasteiger partial charge in [0.15, 0.2) is 6.29 Å². The SMILES string of the molecule is O=C(NN=C1CC(n2ccc([N+](=O)[O-])n2)C2COC1O2)c1cccc([N+](=O)[O-])c1. The molecule has 3 atom stereocenters. The Morgan fingerprint density at radius 3 is 2.83 bits per heavy atom. The van der Waals surface area contributed by atoms with E-state index in [1.165, 1.54) is 35.1 Å². The van der Waals surface area contributed by atoms with Crippen LogP contribution in [-0.4, -0.2) is 50.2 Å². The molecular formula is C16H14N6O7. The van der Waals surface area contributed by atoms with E-state index in [4.69, 9.17) is 9.47 Å². The predicted octanol–water partition coefficient (Wildman–Crippen LogP) is 1.17. The maximum atomic E-state index is 12.3. The van der Waals surface area contributed by atoms with Gasteiger partial charge in [0.05, 0.1) is 34.6 Å².